The molecule has 1 fully saturated rings. The van der Waals surface area contributed by atoms with E-state index in [2.05, 4.69) is 27.6 Å². The standard InChI is InChI=1S/C15H21ClN4/c1-10-7-13-15(17-8-10)20(14(18-13)11(2)16)12-5-4-6-19(3)9-12/h7-8,11-12H,4-6,9H2,1-3H3. The summed E-state index contributed by atoms with van der Waals surface area (Å²) in [6, 6.07) is 2.51. The number of alkyl halides is 1. The van der Waals surface area contributed by atoms with E-state index in [9.17, 15) is 0 Å². The number of pyridine rings is 1. The van der Waals surface area contributed by atoms with E-state index < -0.39 is 0 Å². The minimum atomic E-state index is -0.100. The maximum Gasteiger partial charge on any atom is 0.160 e. The number of aromatic nitrogens is 3. The number of piperidine rings is 1. The van der Waals surface area contributed by atoms with Crippen LogP contribution in [0.5, 0.6) is 0 Å². The third-order valence-corrected chi connectivity index (χ3v) is 4.21. The molecule has 108 valence electrons. The first-order chi connectivity index (χ1) is 9.56. The van der Waals surface area contributed by atoms with Gasteiger partial charge in [0, 0.05) is 18.8 Å². The molecule has 0 radical (unpaired) electrons. The summed E-state index contributed by atoms with van der Waals surface area (Å²) in [6.45, 7) is 6.24. The number of likely N-dealkylation sites (N-methyl/N-ethyl adjacent to an activating group) is 1. The van der Waals surface area contributed by atoms with Crippen molar-refractivity contribution < 1.29 is 0 Å². The molecule has 2 aromatic rings. The van der Waals surface area contributed by atoms with Gasteiger partial charge < -0.3 is 9.47 Å². The van der Waals surface area contributed by atoms with Gasteiger partial charge in [-0.1, -0.05) is 0 Å². The molecule has 2 aromatic heterocycles. The van der Waals surface area contributed by atoms with Crippen LogP contribution in [-0.4, -0.2) is 39.6 Å². The minimum absolute atomic E-state index is 0.100. The Labute approximate surface area is 124 Å². The highest BCUT2D eigenvalue weighted by molar-refractivity contribution is 6.20. The molecule has 0 saturated carbocycles. The lowest BCUT2D eigenvalue weighted by Crippen LogP contribution is -2.34. The zero-order chi connectivity index (χ0) is 14.3. The molecule has 0 aromatic carbocycles. The van der Waals surface area contributed by atoms with Gasteiger partial charge in [-0.05, 0) is 51.9 Å². The number of hydrogen-bond acceptors (Lipinski definition) is 3. The van der Waals surface area contributed by atoms with Crippen molar-refractivity contribution >= 4 is 22.8 Å². The summed E-state index contributed by atoms with van der Waals surface area (Å²) in [6.07, 6.45) is 4.29. The Bertz CT molecular complexity index is 620. The van der Waals surface area contributed by atoms with Crippen molar-refractivity contribution in [3.05, 3.63) is 23.7 Å². The van der Waals surface area contributed by atoms with Gasteiger partial charge >= 0.3 is 0 Å². The van der Waals surface area contributed by atoms with Crippen molar-refractivity contribution in [3.63, 3.8) is 0 Å². The van der Waals surface area contributed by atoms with Gasteiger partial charge in [0.15, 0.2) is 5.65 Å². The second-order valence-corrected chi connectivity index (χ2v) is 6.52. The summed E-state index contributed by atoms with van der Waals surface area (Å²) < 4.78 is 2.27. The number of aryl methyl sites for hydroxylation is 1. The fourth-order valence-electron chi connectivity index (χ4n) is 3.09. The molecular weight excluding hydrogens is 272 g/mol. The molecule has 1 aliphatic rings. The fraction of sp³-hybridized carbons (Fsp3) is 0.600. The normalized spacial score (nSPS) is 22.3. The Balaban J connectivity index is 2.13. The van der Waals surface area contributed by atoms with E-state index in [0.717, 1.165) is 29.1 Å². The number of imidazole rings is 1. The van der Waals surface area contributed by atoms with E-state index >= 15 is 0 Å². The Hall–Kier alpha value is -1.13. The van der Waals surface area contributed by atoms with Crippen LogP contribution in [0.15, 0.2) is 12.3 Å². The molecular formula is C15H21ClN4. The average Bonchev–Trinajstić information content (AvgIpc) is 2.77. The van der Waals surface area contributed by atoms with Crippen molar-refractivity contribution in [3.8, 4) is 0 Å². The summed E-state index contributed by atoms with van der Waals surface area (Å²) in [7, 11) is 2.17. The van der Waals surface area contributed by atoms with Crippen molar-refractivity contribution in [2.75, 3.05) is 20.1 Å². The van der Waals surface area contributed by atoms with Gasteiger partial charge in [-0.15, -0.1) is 11.6 Å². The number of likely N-dealkylation sites (tertiary alicyclic amines) is 1. The lowest BCUT2D eigenvalue weighted by atomic mass is 10.1. The van der Waals surface area contributed by atoms with Crippen molar-refractivity contribution in [1.29, 1.82) is 0 Å². The van der Waals surface area contributed by atoms with Gasteiger partial charge in [0.1, 0.15) is 11.3 Å². The number of nitrogens with zero attached hydrogens (tertiary/aromatic N) is 4. The lowest BCUT2D eigenvalue weighted by molar-refractivity contribution is 0.212. The number of halogens is 1. The van der Waals surface area contributed by atoms with Crippen LogP contribution in [-0.2, 0) is 0 Å². The van der Waals surface area contributed by atoms with Gasteiger partial charge in [0.2, 0.25) is 0 Å². The predicted octanol–water partition coefficient (Wildman–Crippen LogP) is 3.31. The van der Waals surface area contributed by atoms with Gasteiger partial charge in [-0.3, -0.25) is 0 Å². The molecule has 1 aliphatic heterocycles. The van der Waals surface area contributed by atoms with Crippen molar-refractivity contribution in [1.82, 2.24) is 19.4 Å². The molecule has 1 saturated heterocycles. The van der Waals surface area contributed by atoms with E-state index in [1.165, 1.54) is 19.4 Å². The molecule has 0 amide bonds. The van der Waals surface area contributed by atoms with Crippen molar-refractivity contribution in [2.24, 2.45) is 0 Å². The Morgan fingerprint density at radius 2 is 2.25 bits per heavy atom. The molecule has 4 nitrogen and oxygen atoms in total. The van der Waals surface area contributed by atoms with Crippen LogP contribution in [0.25, 0.3) is 11.2 Å². The average molecular weight is 293 g/mol. The topological polar surface area (TPSA) is 34.0 Å². The lowest BCUT2D eigenvalue weighted by Gasteiger charge is -2.31. The molecule has 5 heteroatoms. The highest BCUT2D eigenvalue weighted by Gasteiger charge is 2.25. The maximum atomic E-state index is 6.35. The van der Waals surface area contributed by atoms with E-state index in [0.29, 0.717) is 6.04 Å². The summed E-state index contributed by atoms with van der Waals surface area (Å²) in [5.41, 5.74) is 3.07. The summed E-state index contributed by atoms with van der Waals surface area (Å²) >= 11 is 6.35. The zero-order valence-corrected chi connectivity index (χ0v) is 13.1. The van der Waals surface area contributed by atoms with Crippen LogP contribution in [0, 0.1) is 6.92 Å². The van der Waals surface area contributed by atoms with Crippen LogP contribution in [0.4, 0.5) is 0 Å². The molecule has 2 atom stereocenters. The number of hydrogen-bond donors (Lipinski definition) is 0. The van der Waals surface area contributed by atoms with Crippen LogP contribution >= 0.6 is 11.6 Å². The minimum Gasteiger partial charge on any atom is -0.307 e. The van der Waals surface area contributed by atoms with Crippen LogP contribution in [0.1, 0.15) is 42.6 Å². The first-order valence-electron chi connectivity index (χ1n) is 7.23. The van der Waals surface area contributed by atoms with Gasteiger partial charge in [0.25, 0.3) is 0 Å². The molecule has 0 spiro atoms. The molecule has 0 aliphatic carbocycles. The first-order valence-corrected chi connectivity index (χ1v) is 7.67. The summed E-state index contributed by atoms with van der Waals surface area (Å²) in [4.78, 5) is 11.7. The first kappa shape index (κ1) is 13.8. The molecule has 3 heterocycles. The molecule has 0 N–H and O–H groups in total. The predicted molar refractivity (Wildman–Crippen MR) is 82.3 cm³/mol. The van der Waals surface area contributed by atoms with Gasteiger partial charge in [0.05, 0.1) is 5.38 Å². The Morgan fingerprint density at radius 3 is 2.95 bits per heavy atom. The van der Waals surface area contributed by atoms with Gasteiger partial charge in [-0.25, -0.2) is 9.97 Å². The molecule has 2 unspecified atom stereocenters. The Kier molecular flexibility index (Phi) is 3.69. The maximum absolute atomic E-state index is 6.35. The second-order valence-electron chi connectivity index (χ2n) is 5.87. The van der Waals surface area contributed by atoms with Crippen LogP contribution in [0.3, 0.4) is 0 Å². The van der Waals surface area contributed by atoms with Crippen LogP contribution < -0.4 is 0 Å². The number of rotatable bonds is 2. The molecule has 20 heavy (non-hydrogen) atoms. The third-order valence-electron chi connectivity index (χ3n) is 4.01. The molecule has 3 rings (SSSR count). The van der Waals surface area contributed by atoms with Gasteiger partial charge in [-0.2, -0.15) is 0 Å². The van der Waals surface area contributed by atoms with E-state index in [1.54, 1.807) is 0 Å². The number of fused-ring (bicyclic) bond motifs is 1. The quantitative estimate of drug-likeness (QED) is 0.797. The van der Waals surface area contributed by atoms with E-state index in [1.807, 2.05) is 20.0 Å². The summed E-state index contributed by atoms with van der Waals surface area (Å²) in [5.74, 6) is 0.945. The highest BCUT2D eigenvalue weighted by atomic mass is 35.5. The van der Waals surface area contributed by atoms with E-state index in [4.69, 9.17) is 16.6 Å². The fourth-order valence-corrected chi connectivity index (χ4v) is 3.24. The van der Waals surface area contributed by atoms with E-state index in [-0.39, 0.29) is 5.38 Å². The SMILES string of the molecule is Cc1cnc2c(c1)nc(C(C)Cl)n2C1CCCN(C)C1. The monoisotopic (exact) mass is 292 g/mol. The van der Waals surface area contributed by atoms with Crippen molar-refractivity contribution in [2.45, 2.75) is 38.1 Å². The zero-order valence-electron chi connectivity index (χ0n) is 12.3. The molecule has 0 bridgehead atoms. The van der Waals surface area contributed by atoms with Crippen LogP contribution in [0.2, 0.25) is 0 Å². The largest absolute Gasteiger partial charge is 0.307 e. The summed E-state index contributed by atoms with van der Waals surface area (Å²) in [5, 5.41) is -0.100. The highest BCUT2D eigenvalue weighted by Crippen LogP contribution is 2.31. The smallest absolute Gasteiger partial charge is 0.160 e. The Morgan fingerprint density at radius 1 is 1.45 bits per heavy atom. The third kappa shape index (κ3) is 2.42. The second kappa shape index (κ2) is 5.34.